The number of anilines is 1. The monoisotopic (exact) mass is 259 g/mol. The number of methoxy groups -OCH3 is 1. The van der Waals surface area contributed by atoms with E-state index in [2.05, 4.69) is 15.5 Å². The second-order valence-electron chi connectivity index (χ2n) is 4.32. The summed E-state index contributed by atoms with van der Waals surface area (Å²) < 4.78 is 5.28. The second-order valence-corrected chi connectivity index (χ2v) is 4.32. The van der Waals surface area contributed by atoms with Crippen molar-refractivity contribution in [2.24, 2.45) is 0 Å². The van der Waals surface area contributed by atoms with E-state index in [1.807, 2.05) is 44.2 Å². The fraction of sp³-hybridized carbons (Fsp3) is 0.286. The summed E-state index contributed by atoms with van der Waals surface area (Å²) >= 11 is 0. The molecule has 1 aromatic heterocycles. The first kappa shape index (κ1) is 13.3. The number of nitrogens with one attached hydrogen (secondary N) is 2. The summed E-state index contributed by atoms with van der Waals surface area (Å²) in [5.41, 5.74) is 3.12. The largest absolute Gasteiger partial charge is 0.367 e. The number of aromatic nitrogens is 2. The molecule has 5 heteroatoms. The molecule has 19 heavy (non-hydrogen) atoms. The van der Waals surface area contributed by atoms with E-state index in [9.17, 15) is 4.79 Å². The summed E-state index contributed by atoms with van der Waals surface area (Å²) in [4.78, 5) is 12.3. The molecule has 2 rings (SSSR count). The molecule has 1 aromatic carbocycles. The molecule has 1 atom stereocenters. The second kappa shape index (κ2) is 5.67. The van der Waals surface area contributed by atoms with Gasteiger partial charge in [-0.05, 0) is 19.4 Å². The lowest BCUT2D eigenvalue weighted by Crippen LogP contribution is -2.23. The van der Waals surface area contributed by atoms with E-state index in [0.717, 1.165) is 17.0 Å². The summed E-state index contributed by atoms with van der Waals surface area (Å²) in [5, 5.41) is 9.73. The van der Waals surface area contributed by atoms with E-state index in [1.54, 1.807) is 0 Å². The molecule has 0 bridgehead atoms. The number of aryl methyl sites for hydroxylation is 2. The highest BCUT2D eigenvalue weighted by Crippen LogP contribution is 2.21. The molecule has 0 aliphatic carbocycles. The van der Waals surface area contributed by atoms with Crippen molar-refractivity contribution in [3.63, 3.8) is 0 Å². The minimum Gasteiger partial charge on any atom is -0.367 e. The quantitative estimate of drug-likeness (QED) is 0.885. The summed E-state index contributed by atoms with van der Waals surface area (Å²) in [6.45, 7) is 3.70. The first-order valence-electron chi connectivity index (χ1n) is 6.03. The van der Waals surface area contributed by atoms with E-state index in [0.29, 0.717) is 5.69 Å². The van der Waals surface area contributed by atoms with Gasteiger partial charge in [0.2, 0.25) is 0 Å². The Morgan fingerprint density at radius 2 is 2.00 bits per heavy atom. The van der Waals surface area contributed by atoms with Gasteiger partial charge in [0.15, 0.2) is 6.10 Å². The van der Waals surface area contributed by atoms with Crippen LogP contribution in [0.25, 0.3) is 0 Å². The van der Waals surface area contributed by atoms with Gasteiger partial charge < -0.3 is 10.1 Å². The molecule has 0 saturated carbocycles. The van der Waals surface area contributed by atoms with Gasteiger partial charge >= 0.3 is 0 Å². The number of amides is 1. The van der Waals surface area contributed by atoms with Gasteiger partial charge in [-0.1, -0.05) is 30.3 Å². The van der Waals surface area contributed by atoms with Crippen LogP contribution < -0.4 is 5.32 Å². The zero-order valence-corrected chi connectivity index (χ0v) is 11.2. The lowest BCUT2D eigenvalue weighted by molar-refractivity contribution is -0.126. The van der Waals surface area contributed by atoms with Gasteiger partial charge in [0.25, 0.3) is 5.91 Å². The summed E-state index contributed by atoms with van der Waals surface area (Å²) in [5.74, 6) is -0.207. The van der Waals surface area contributed by atoms with Crippen LogP contribution in [0.4, 0.5) is 5.69 Å². The Hall–Kier alpha value is -2.14. The van der Waals surface area contributed by atoms with Crippen molar-refractivity contribution in [1.29, 1.82) is 0 Å². The smallest absolute Gasteiger partial charge is 0.258 e. The number of H-pyrrole nitrogens is 1. The van der Waals surface area contributed by atoms with Crippen LogP contribution in [0.5, 0.6) is 0 Å². The van der Waals surface area contributed by atoms with Crippen LogP contribution in [0.3, 0.4) is 0 Å². The average Bonchev–Trinajstić information content (AvgIpc) is 2.73. The number of ether oxygens (including phenoxy) is 1. The van der Waals surface area contributed by atoms with E-state index in [-0.39, 0.29) is 5.91 Å². The van der Waals surface area contributed by atoms with Crippen molar-refractivity contribution < 1.29 is 9.53 Å². The van der Waals surface area contributed by atoms with Crippen LogP contribution in [-0.4, -0.2) is 23.2 Å². The number of hydrogen-bond donors (Lipinski definition) is 2. The Kier molecular flexibility index (Phi) is 3.97. The van der Waals surface area contributed by atoms with Gasteiger partial charge in [-0.3, -0.25) is 9.89 Å². The maximum Gasteiger partial charge on any atom is 0.258 e. The molecule has 0 fully saturated rings. The van der Waals surface area contributed by atoms with E-state index >= 15 is 0 Å². The molecule has 0 radical (unpaired) electrons. The van der Waals surface area contributed by atoms with Crippen LogP contribution >= 0.6 is 0 Å². The lowest BCUT2D eigenvalue weighted by atomic mass is 10.1. The van der Waals surface area contributed by atoms with Crippen molar-refractivity contribution in [2.45, 2.75) is 20.0 Å². The first-order valence-corrected chi connectivity index (χ1v) is 6.03. The fourth-order valence-corrected chi connectivity index (χ4v) is 1.95. The molecule has 0 spiro atoms. The molecule has 0 aliphatic rings. The topological polar surface area (TPSA) is 67.0 Å². The molecule has 1 amide bonds. The first-order chi connectivity index (χ1) is 9.13. The third-order valence-corrected chi connectivity index (χ3v) is 2.95. The Balaban J connectivity index is 2.19. The Morgan fingerprint density at radius 1 is 1.32 bits per heavy atom. The molecule has 1 unspecified atom stereocenters. The SMILES string of the molecule is COC(C(=O)Nc1c(C)n[nH]c1C)c1ccccc1. The summed E-state index contributed by atoms with van der Waals surface area (Å²) in [6, 6.07) is 9.39. The highest BCUT2D eigenvalue weighted by Gasteiger charge is 2.21. The standard InChI is InChI=1S/C14H17N3O2/c1-9-12(10(2)17-16-9)15-14(18)13(19-3)11-7-5-4-6-8-11/h4-8,13H,1-3H3,(H,15,18)(H,16,17). The van der Waals surface area contributed by atoms with Crippen LogP contribution in [0.2, 0.25) is 0 Å². The number of nitrogens with zero attached hydrogens (tertiary/aromatic N) is 1. The molecular formula is C14H17N3O2. The minimum absolute atomic E-state index is 0.207. The Bertz CT molecular complexity index is 544. The highest BCUT2D eigenvalue weighted by molar-refractivity contribution is 5.95. The molecule has 0 saturated heterocycles. The van der Waals surface area contributed by atoms with Crippen LogP contribution in [-0.2, 0) is 9.53 Å². The Labute approximate surface area is 112 Å². The van der Waals surface area contributed by atoms with Gasteiger partial charge in [0.05, 0.1) is 17.1 Å². The fourth-order valence-electron chi connectivity index (χ4n) is 1.95. The van der Waals surface area contributed by atoms with Crippen LogP contribution in [0.1, 0.15) is 23.1 Å². The van der Waals surface area contributed by atoms with Crippen molar-refractivity contribution in [3.8, 4) is 0 Å². The van der Waals surface area contributed by atoms with Gasteiger partial charge in [-0.25, -0.2) is 0 Å². The number of benzene rings is 1. The molecular weight excluding hydrogens is 242 g/mol. The van der Waals surface area contributed by atoms with E-state index in [4.69, 9.17) is 4.74 Å². The van der Waals surface area contributed by atoms with Gasteiger partial charge in [0, 0.05) is 7.11 Å². The summed E-state index contributed by atoms with van der Waals surface area (Å²) in [6.07, 6.45) is -0.630. The molecule has 1 heterocycles. The number of carbonyl (C=O) groups excluding carboxylic acids is 1. The van der Waals surface area contributed by atoms with Gasteiger partial charge in [0.1, 0.15) is 0 Å². The number of aromatic amines is 1. The number of carbonyl (C=O) groups is 1. The maximum atomic E-state index is 12.3. The molecule has 0 aliphatic heterocycles. The number of rotatable bonds is 4. The van der Waals surface area contributed by atoms with Crippen LogP contribution in [0, 0.1) is 13.8 Å². The lowest BCUT2D eigenvalue weighted by Gasteiger charge is -2.15. The average molecular weight is 259 g/mol. The van der Waals surface area contributed by atoms with Crippen molar-refractivity contribution in [1.82, 2.24) is 10.2 Å². The normalized spacial score (nSPS) is 12.2. The predicted molar refractivity (Wildman–Crippen MR) is 72.9 cm³/mol. The minimum atomic E-state index is -0.630. The predicted octanol–water partition coefficient (Wildman–Crippen LogP) is 2.35. The third kappa shape index (κ3) is 2.82. The Morgan fingerprint density at radius 3 is 2.53 bits per heavy atom. The van der Waals surface area contributed by atoms with Crippen LogP contribution in [0.15, 0.2) is 30.3 Å². The number of hydrogen-bond acceptors (Lipinski definition) is 3. The molecule has 5 nitrogen and oxygen atoms in total. The molecule has 100 valence electrons. The third-order valence-electron chi connectivity index (χ3n) is 2.95. The van der Waals surface area contributed by atoms with Crippen molar-refractivity contribution in [2.75, 3.05) is 12.4 Å². The zero-order chi connectivity index (χ0) is 13.8. The van der Waals surface area contributed by atoms with Gasteiger partial charge in [-0.2, -0.15) is 5.10 Å². The van der Waals surface area contributed by atoms with E-state index in [1.165, 1.54) is 7.11 Å². The maximum absolute atomic E-state index is 12.3. The van der Waals surface area contributed by atoms with Crippen molar-refractivity contribution >= 4 is 11.6 Å². The van der Waals surface area contributed by atoms with Crippen molar-refractivity contribution in [3.05, 3.63) is 47.3 Å². The van der Waals surface area contributed by atoms with Gasteiger partial charge in [-0.15, -0.1) is 0 Å². The molecule has 2 N–H and O–H groups in total. The summed E-state index contributed by atoms with van der Waals surface area (Å²) in [7, 11) is 1.52. The zero-order valence-electron chi connectivity index (χ0n) is 11.2. The highest BCUT2D eigenvalue weighted by atomic mass is 16.5. The van der Waals surface area contributed by atoms with E-state index < -0.39 is 6.10 Å². The molecule has 2 aromatic rings.